The molecule has 8 nitrogen and oxygen atoms in total. The normalized spacial score (nSPS) is 17.6. The Kier molecular flexibility index (Phi) is 7.36. The number of rotatable bonds is 8. The predicted molar refractivity (Wildman–Crippen MR) is 131 cm³/mol. The van der Waals surface area contributed by atoms with Crippen LogP contribution in [0.1, 0.15) is 49.5 Å². The van der Waals surface area contributed by atoms with Crippen LogP contribution in [0.5, 0.6) is 5.75 Å². The molecule has 1 saturated carbocycles. The summed E-state index contributed by atoms with van der Waals surface area (Å²) in [6, 6.07) is 9.85. The third-order valence-electron chi connectivity index (χ3n) is 6.66. The van der Waals surface area contributed by atoms with Crippen LogP contribution in [0.2, 0.25) is 0 Å². The van der Waals surface area contributed by atoms with Crippen LogP contribution in [0, 0.1) is 6.92 Å². The first-order chi connectivity index (χ1) is 16.8. The maximum absolute atomic E-state index is 5.98. The van der Waals surface area contributed by atoms with Gasteiger partial charge in [-0.15, -0.1) is 0 Å². The van der Waals surface area contributed by atoms with Crippen LogP contribution in [-0.2, 0) is 4.74 Å². The molecule has 2 aromatic heterocycles. The lowest BCUT2D eigenvalue weighted by atomic mass is 9.85. The van der Waals surface area contributed by atoms with E-state index in [1.165, 1.54) is 19.3 Å². The molecule has 34 heavy (non-hydrogen) atoms. The number of morpholine rings is 1. The van der Waals surface area contributed by atoms with E-state index in [1.807, 2.05) is 37.3 Å². The Bertz CT molecular complexity index is 1070. The molecular formula is C26H33N5O3. The zero-order valence-corrected chi connectivity index (χ0v) is 19.8. The van der Waals surface area contributed by atoms with E-state index in [9.17, 15) is 0 Å². The van der Waals surface area contributed by atoms with Gasteiger partial charge in [-0.3, -0.25) is 4.90 Å². The van der Waals surface area contributed by atoms with Gasteiger partial charge in [-0.1, -0.05) is 30.5 Å². The van der Waals surface area contributed by atoms with Crippen molar-refractivity contribution in [2.24, 2.45) is 0 Å². The van der Waals surface area contributed by atoms with Crippen molar-refractivity contribution in [3.05, 3.63) is 48.0 Å². The lowest BCUT2D eigenvalue weighted by molar-refractivity contribution is 0.0322. The van der Waals surface area contributed by atoms with Crippen LogP contribution >= 0.6 is 0 Å². The van der Waals surface area contributed by atoms with Gasteiger partial charge in [0, 0.05) is 43.5 Å². The molecule has 0 radical (unpaired) electrons. The minimum atomic E-state index is 0.443. The second kappa shape index (κ2) is 11.0. The average Bonchev–Trinajstić information content (AvgIpc) is 3.27. The molecule has 5 rings (SSSR count). The first kappa shape index (κ1) is 22.8. The number of benzene rings is 1. The van der Waals surface area contributed by atoms with Crippen LogP contribution in [-0.4, -0.2) is 59.5 Å². The number of aryl methyl sites for hydroxylation is 1. The molecule has 3 aromatic rings. The van der Waals surface area contributed by atoms with Gasteiger partial charge in [0.1, 0.15) is 18.1 Å². The van der Waals surface area contributed by atoms with Gasteiger partial charge < -0.3 is 19.3 Å². The standard InChI is InChI=1S/C26H33N5O3/c1-19-24(25(30-34-19)20-6-3-2-4-7-20)23-10-11-27-26(29-23)28-21-8-5-9-22(18-21)33-17-14-31-12-15-32-16-13-31/h5,8-11,18,20H,2-4,6-7,12-17H2,1H3,(H,27,28,29). The van der Waals surface area contributed by atoms with E-state index in [0.717, 1.165) is 79.8 Å². The number of hydrogen-bond donors (Lipinski definition) is 1. The molecule has 2 fully saturated rings. The first-order valence-electron chi connectivity index (χ1n) is 12.4. The summed E-state index contributed by atoms with van der Waals surface area (Å²) in [7, 11) is 0. The van der Waals surface area contributed by atoms with Crippen LogP contribution in [0.15, 0.2) is 41.1 Å². The van der Waals surface area contributed by atoms with Gasteiger partial charge in [-0.05, 0) is 38.0 Å². The van der Waals surface area contributed by atoms with E-state index < -0.39 is 0 Å². The Labute approximate surface area is 200 Å². The Morgan fingerprint density at radius 1 is 1.12 bits per heavy atom. The summed E-state index contributed by atoms with van der Waals surface area (Å²) >= 11 is 0. The largest absolute Gasteiger partial charge is 0.492 e. The number of aromatic nitrogens is 3. The highest BCUT2D eigenvalue weighted by molar-refractivity contribution is 5.66. The van der Waals surface area contributed by atoms with Crippen LogP contribution in [0.25, 0.3) is 11.3 Å². The summed E-state index contributed by atoms with van der Waals surface area (Å²) in [6.45, 7) is 7.03. The average molecular weight is 464 g/mol. The maximum atomic E-state index is 5.98. The molecular weight excluding hydrogens is 430 g/mol. The van der Waals surface area contributed by atoms with Gasteiger partial charge in [0.2, 0.25) is 5.95 Å². The first-order valence-corrected chi connectivity index (χ1v) is 12.4. The van der Waals surface area contributed by atoms with Gasteiger partial charge >= 0.3 is 0 Å². The van der Waals surface area contributed by atoms with E-state index in [2.05, 4.69) is 20.4 Å². The number of nitrogens with zero attached hydrogens (tertiary/aromatic N) is 4. The molecule has 8 heteroatoms. The lowest BCUT2D eigenvalue weighted by Gasteiger charge is -2.26. The monoisotopic (exact) mass is 463 g/mol. The molecule has 1 aliphatic heterocycles. The molecule has 3 heterocycles. The number of ether oxygens (including phenoxy) is 2. The second-order valence-electron chi connectivity index (χ2n) is 9.05. The van der Waals surface area contributed by atoms with E-state index in [1.54, 1.807) is 6.20 Å². The highest BCUT2D eigenvalue weighted by atomic mass is 16.5. The lowest BCUT2D eigenvalue weighted by Crippen LogP contribution is -2.38. The number of nitrogens with one attached hydrogen (secondary N) is 1. The predicted octanol–water partition coefficient (Wildman–Crippen LogP) is 4.94. The topological polar surface area (TPSA) is 85.5 Å². The minimum Gasteiger partial charge on any atom is -0.492 e. The zero-order valence-electron chi connectivity index (χ0n) is 19.8. The van der Waals surface area contributed by atoms with Gasteiger partial charge in [-0.2, -0.15) is 0 Å². The molecule has 0 atom stereocenters. The van der Waals surface area contributed by atoms with Crippen molar-refractivity contribution in [3.8, 4) is 17.0 Å². The van der Waals surface area contributed by atoms with Crippen molar-refractivity contribution < 1.29 is 14.0 Å². The van der Waals surface area contributed by atoms with Gasteiger partial charge in [-0.25, -0.2) is 9.97 Å². The molecule has 1 N–H and O–H groups in total. The van der Waals surface area contributed by atoms with Crippen LogP contribution in [0.4, 0.5) is 11.6 Å². The molecule has 0 bridgehead atoms. The highest BCUT2D eigenvalue weighted by Crippen LogP contribution is 2.38. The summed E-state index contributed by atoms with van der Waals surface area (Å²) in [5, 5.41) is 7.75. The minimum absolute atomic E-state index is 0.443. The third-order valence-corrected chi connectivity index (χ3v) is 6.66. The van der Waals surface area contributed by atoms with E-state index in [-0.39, 0.29) is 0 Å². The fraction of sp³-hybridized carbons (Fsp3) is 0.500. The summed E-state index contributed by atoms with van der Waals surface area (Å²) in [5.41, 5.74) is 3.78. The number of hydrogen-bond acceptors (Lipinski definition) is 8. The van der Waals surface area contributed by atoms with Gasteiger partial charge in [0.15, 0.2) is 0 Å². The van der Waals surface area contributed by atoms with E-state index >= 15 is 0 Å². The summed E-state index contributed by atoms with van der Waals surface area (Å²) in [6.07, 6.45) is 7.90. The van der Waals surface area contributed by atoms with Crippen molar-refractivity contribution in [3.63, 3.8) is 0 Å². The summed E-state index contributed by atoms with van der Waals surface area (Å²) in [4.78, 5) is 11.6. The van der Waals surface area contributed by atoms with Crippen molar-refractivity contribution in [1.29, 1.82) is 0 Å². The quantitative estimate of drug-likeness (QED) is 0.503. The molecule has 1 aromatic carbocycles. The molecule has 1 saturated heterocycles. The smallest absolute Gasteiger partial charge is 0.227 e. The van der Waals surface area contributed by atoms with Crippen LogP contribution < -0.4 is 10.1 Å². The zero-order chi connectivity index (χ0) is 23.2. The third kappa shape index (κ3) is 5.56. The fourth-order valence-electron chi connectivity index (χ4n) is 4.82. The molecule has 1 aliphatic carbocycles. The van der Waals surface area contributed by atoms with Crippen molar-refractivity contribution >= 4 is 11.6 Å². The molecule has 0 spiro atoms. The highest BCUT2D eigenvalue weighted by Gasteiger charge is 2.25. The summed E-state index contributed by atoms with van der Waals surface area (Å²) < 4.78 is 17.0. The Morgan fingerprint density at radius 3 is 2.82 bits per heavy atom. The summed E-state index contributed by atoms with van der Waals surface area (Å²) in [5.74, 6) is 2.61. The van der Waals surface area contributed by atoms with Gasteiger partial charge in [0.25, 0.3) is 0 Å². The Balaban J connectivity index is 1.26. The second-order valence-corrected chi connectivity index (χ2v) is 9.05. The maximum Gasteiger partial charge on any atom is 0.227 e. The van der Waals surface area contributed by atoms with Crippen molar-refractivity contribution in [1.82, 2.24) is 20.0 Å². The van der Waals surface area contributed by atoms with Crippen molar-refractivity contribution in [2.75, 3.05) is 44.8 Å². The fourth-order valence-corrected chi connectivity index (χ4v) is 4.82. The molecule has 180 valence electrons. The Hall–Kier alpha value is -2.97. The van der Waals surface area contributed by atoms with Crippen molar-refractivity contribution in [2.45, 2.75) is 44.9 Å². The SMILES string of the molecule is Cc1onc(C2CCCCC2)c1-c1ccnc(Nc2cccc(OCCN3CCOCC3)c2)n1. The van der Waals surface area contributed by atoms with E-state index in [0.29, 0.717) is 18.5 Å². The van der Waals surface area contributed by atoms with Gasteiger partial charge in [0.05, 0.1) is 30.2 Å². The van der Waals surface area contributed by atoms with Crippen LogP contribution in [0.3, 0.4) is 0 Å². The Morgan fingerprint density at radius 2 is 1.97 bits per heavy atom. The molecule has 2 aliphatic rings. The van der Waals surface area contributed by atoms with E-state index in [4.69, 9.17) is 19.0 Å². The molecule has 0 amide bonds. The number of anilines is 2. The molecule has 0 unspecified atom stereocenters.